The summed E-state index contributed by atoms with van der Waals surface area (Å²) in [6.07, 6.45) is 4.05. The average Bonchev–Trinajstić information content (AvgIpc) is 2.84. The summed E-state index contributed by atoms with van der Waals surface area (Å²) >= 11 is 0. The topological polar surface area (TPSA) is 55.6 Å². The fourth-order valence-corrected chi connectivity index (χ4v) is 2.71. The number of hydrogen-bond acceptors (Lipinski definition) is 3. The van der Waals surface area contributed by atoms with Crippen molar-refractivity contribution < 1.29 is 9.53 Å². The molecule has 100 valence electrons. The van der Waals surface area contributed by atoms with E-state index in [-0.39, 0.29) is 11.9 Å². The molecule has 3 atom stereocenters. The lowest BCUT2D eigenvalue weighted by Crippen LogP contribution is -2.51. The number of carbonyl (C=O) groups is 1. The summed E-state index contributed by atoms with van der Waals surface area (Å²) in [6, 6.07) is 0.286. The van der Waals surface area contributed by atoms with Gasteiger partial charge in [0.25, 0.3) is 5.91 Å². The van der Waals surface area contributed by atoms with Crippen molar-refractivity contribution in [3.05, 3.63) is 0 Å². The standard InChI is InChI=1S/C13H26N2O2/c1-5-13(2,17-4)12(16)15(3)11-8-6-7-10(11)9-14/h10-11H,5-9,14H2,1-4H3. The van der Waals surface area contributed by atoms with Gasteiger partial charge in [0.05, 0.1) is 0 Å². The van der Waals surface area contributed by atoms with E-state index < -0.39 is 5.60 Å². The molecule has 0 spiro atoms. The monoisotopic (exact) mass is 242 g/mol. The van der Waals surface area contributed by atoms with E-state index in [2.05, 4.69) is 0 Å². The van der Waals surface area contributed by atoms with Crippen molar-refractivity contribution in [1.82, 2.24) is 4.90 Å². The number of rotatable bonds is 5. The molecule has 4 heteroatoms. The van der Waals surface area contributed by atoms with E-state index in [0.29, 0.717) is 18.9 Å². The van der Waals surface area contributed by atoms with Crippen molar-refractivity contribution in [3.8, 4) is 0 Å². The first-order chi connectivity index (χ1) is 8.00. The third-order valence-electron chi connectivity index (χ3n) is 4.32. The molecule has 4 nitrogen and oxygen atoms in total. The summed E-state index contributed by atoms with van der Waals surface area (Å²) < 4.78 is 5.38. The molecule has 2 N–H and O–H groups in total. The number of nitrogens with two attached hydrogens (primary N) is 1. The number of hydrogen-bond donors (Lipinski definition) is 1. The molecule has 0 bridgehead atoms. The molecule has 1 aliphatic carbocycles. The fraction of sp³-hybridized carbons (Fsp3) is 0.923. The Kier molecular flexibility index (Phi) is 4.95. The van der Waals surface area contributed by atoms with E-state index in [0.717, 1.165) is 12.8 Å². The molecule has 0 radical (unpaired) electrons. The van der Waals surface area contributed by atoms with Gasteiger partial charge in [0.15, 0.2) is 0 Å². The summed E-state index contributed by atoms with van der Waals surface area (Å²) in [5.41, 5.74) is 5.07. The van der Waals surface area contributed by atoms with Crippen LogP contribution in [0.25, 0.3) is 0 Å². The summed E-state index contributed by atoms with van der Waals surface area (Å²) in [6.45, 7) is 4.50. The van der Waals surface area contributed by atoms with Gasteiger partial charge in [0, 0.05) is 20.2 Å². The van der Waals surface area contributed by atoms with Gasteiger partial charge in [-0.3, -0.25) is 4.79 Å². The van der Waals surface area contributed by atoms with E-state index >= 15 is 0 Å². The first-order valence-electron chi connectivity index (χ1n) is 6.52. The van der Waals surface area contributed by atoms with Gasteiger partial charge in [-0.25, -0.2) is 0 Å². The van der Waals surface area contributed by atoms with Crippen LogP contribution in [0.1, 0.15) is 39.5 Å². The molecule has 0 aromatic rings. The van der Waals surface area contributed by atoms with Gasteiger partial charge in [-0.2, -0.15) is 0 Å². The van der Waals surface area contributed by atoms with Crippen LogP contribution in [0.2, 0.25) is 0 Å². The second-order valence-electron chi connectivity index (χ2n) is 5.20. The van der Waals surface area contributed by atoms with Crippen LogP contribution in [0.4, 0.5) is 0 Å². The first kappa shape index (κ1) is 14.5. The minimum atomic E-state index is -0.698. The van der Waals surface area contributed by atoms with E-state index in [1.807, 2.05) is 25.8 Å². The molecule has 1 rings (SSSR count). The normalized spacial score (nSPS) is 27.8. The number of nitrogens with zero attached hydrogens (tertiary/aromatic N) is 1. The summed E-state index contributed by atoms with van der Waals surface area (Å²) in [7, 11) is 3.48. The third kappa shape index (κ3) is 2.80. The maximum Gasteiger partial charge on any atom is 0.254 e. The maximum absolute atomic E-state index is 12.4. The van der Waals surface area contributed by atoms with Crippen LogP contribution in [-0.2, 0) is 9.53 Å². The second kappa shape index (κ2) is 5.83. The Morgan fingerprint density at radius 2 is 2.18 bits per heavy atom. The highest BCUT2D eigenvalue weighted by Gasteiger charge is 2.39. The quantitative estimate of drug-likeness (QED) is 0.792. The number of carbonyl (C=O) groups excluding carboxylic acids is 1. The lowest BCUT2D eigenvalue weighted by atomic mass is 9.97. The van der Waals surface area contributed by atoms with Gasteiger partial charge in [-0.1, -0.05) is 13.3 Å². The molecule has 17 heavy (non-hydrogen) atoms. The lowest BCUT2D eigenvalue weighted by Gasteiger charge is -2.36. The second-order valence-corrected chi connectivity index (χ2v) is 5.20. The minimum Gasteiger partial charge on any atom is -0.369 e. The molecule has 0 aromatic heterocycles. The molecule has 1 amide bonds. The van der Waals surface area contributed by atoms with Crippen LogP contribution >= 0.6 is 0 Å². The van der Waals surface area contributed by atoms with Gasteiger partial charge in [-0.05, 0) is 38.6 Å². The van der Waals surface area contributed by atoms with E-state index in [1.54, 1.807) is 7.11 Å². The van der Waals surface area contributed by atoms with Crippen molar-refractivity contribution in [1.29, 1.82) is 0 Å². The number of amides is 1. The lowest BCUT2D eigenvalue weighted by molar-refractivity contribution is -0.154. The molecule has 0 saturated heterocycles. The predicted octanol–water partition coefficient (Wildman–Crippen LogP) is 1.39. The van der Waals surface area contributed by atoms with Gasteiger partial charge in [0.2, 0.25) is 0 Å². The van der Waals surface area contributed by atoms with Gasteiger partial charge in [0.1, 0.15) is 5.60 Å². The molecule has 1 saturated carbocycles. The zero-order valence-electron chi connectivity index (χ0n) is 11.5. The molecule has 3 unspecified atom stereocenters. The third-order valence-corrected chi connectivity index (χ3v) is 4.32. The number of likely N-dealkylation sites (N-methyl/N-ethyl adjacent to an activating group) is 1. The highest BCUT2D eigenvalue weighted by Crippen LogP contribution is 2.30. The Bertz CT molecular complexity index is 264. The highest BCUT2D eigenvalue weighted by molar-refractivity contribution is 5.84. The van der Waals surface area contributed by atoms with Crippen LogP contribution in [0, 0.1) is 5.92 Å². The van der Waals surface area contributed by atoms with Gasteiger partial charge in [-0.15, -0.1) is 0 Å². The summed E-state index contributed by atoms with van der Waals surface area (Å²) in [4.78, 5) is 14.3. The van der Waals surface area contributed by atoms with Gasteiger partial charge < -0.3 is 15.4 Å². The zero-order chi connectivity index (χ0) is 13.1. The maximum atomic E-state index is 12.4. The predicted molar refractivity (Wildman–Crippen MR) is 68.7 cm³/mol. The van der Waals surface area contributed by atoms with Crippen LogP contribution in [0.5, 0.6) is 0 Å². The van der Waals surface area contributed by atoms with Crippen molar-refractivity contribution >= 4 is 5.91 Å². The van der Waals surface area contributed by atoms with Crippen LogP contribution in [0.3, 0.4) is 0 Å². The molecule has 1 aliphatic rings. The summed E-state index contributed by atoms with van der Waals surface area (Å²) in [5.74, 6) is 0.523. The zero-order valence-corrected chi connectivity index (χ0v) is 11.5. The number of ether oxygens (including phenoxy) is 1. The summed E-state index contributed by atoms with van der Waals surface area (Å²) in [5, 5.41) is 0. The SMILES string of the molecule is CCC(C)(OC)C(=O)N(C)C1CCCC1CN. The Labute approximate surface area is 104 Å². The van der Waals surface area contributed by atoms with E-state index in [9.17, 15) is 4.79 Å². The van der Waals surface area contributed by atoms with E-state index in [4.69, 9.17) is 10.5 Å². The van der Waals surface area contributed by atoms with Crippen LogP contribution in [-0.4, -0.2) is 43.2 Å². The molecule has 1 fully saturated rings. The van der Waals surface area contributed by atoms with Crippen molar-refractivity contribution in [2.45, 2.75) is 51.2 Å². The molecule has 0 heterocycles. The largest absolute Gasteiger partial charge is 0.369 e. The average molecular weight is 242 g/mol. The Hall–Kier alpha value is -0.610. The highest BCUT2D eigenvalue weighted by atomic mass is 16.5. The minimum absolute atomic E-state index is 0.0767. The van der Waals surface area contributed by atoms with Crippen LogP contribution < -0.4 is 5.73 Å². The molecular weight excluding hydrogens is 216 g/mol. The Balaban J connectivity index is 2.75. The molecule has 0 aliphatic heterocycles. The van der Waals surface area contributed by atoms with Crippen molar-refractivity contribution in [3.63, 3.8) is 0 Å². The molecular formula is C13H26N2O2. The van der Waals surface area contributed by atoms with E-state index in [1.165, 1.54) is 6.42 Å². The number of methoxy groups -OCH3 is 1. The Morgan fingerprint density at radius 1 is 1.53 bits per heavy atom. The van der Waals surface area contributed by atoms with Crippen molar-refractivity contribution in [2.75, 3.05) is 20.7 Å². The van der Waals surface area contributed by atoms with Gasteiger partial charge >= 0.3 is 0 Å². The van der Waals surface area contributed by atoms with Crippen molar-refractivity contribution in [2.24, 2.45) is 11.7 Å². The Morgan fingerprint density at radius 3 is 2.65 bits per heavy atom. The smallest absolute Gasteiger partial charge is 0.254 e. The molecule has 0 aromatic carbocycles. The fourth-order valence-electron chi connectivity index (χ4n) is 2.71. The first-order valence-corrected chi connectivity index (χ1v) is 6.52. The van der Waals surface area contributed by atoms with Crippen LogP contribution in [0.15, 0.2) is 0 Å².